The van der Waals surface area contributed by atoms with Crippen LogP contribution in [0.5, 0.6) is 0 Å². The maximum atomic E-state index is 11.7. The number of carbonyl (C=O) groups excluding carboxylic acids is 1. The molecule has 1 amide bonds. The van der Waals surface area contributed by atoms with Crippen LogP contribution < -0.4 is 10.6 Å². The van der Waals surface area contributed by atoms with Crippen LogP contribution in [0.4, 0.5) is 0 Å². The van der Waals surface area contributed by atoms with Gasteiger partial charge in [0.2, 0.25) is 5.91 Å². The number of carbonyl (C=O) groups is 1. The molecular formula is C13H24N2O2. The first-order chi connectivity index (χ1) is 8.25. The fourth-order valence-corrected chi connectivity index (χ4v) is 2.76. The van der Waals surface area contributed by atoms with Crippen LogP contribution in [-0.2, 0) is 9.53 Å². The molecule has 0 spiro atoms. The van der Waals surface area contributed by atoms with Gasteiger partial charge in [0.1, 0.15) is 6.61 Å². The van der Waals surface area contributed by atoms with Gasteiger partial charge in [-0.15, -0.1) is 0 Å². The van der Waals surface area contributed by atoms with E-state index < -0.39 is 0 Å². The molecule has 2 fully saturated rings. The summed E-state index contributed by atoms with van der Waals surface area (Å²) in [6.45, 7) is 4.46. The Hall–Kier alpha value is -0.610. The molecule has 2 rings (SSSR count). The fraction of sp³-hybridized carbons (Fsp3) is 0.923. The zero-order valence-electron chi connectivity index (χ0n) is 10.7. The summed E-state index contributed by atoms with van der Waals surface area (Å²) >= 11 is 0. The van der Waals surface area contributed by atoms with Gasteiger partial charge < -0.3 is 15.4 Å². The highest BCUT2D eigenvalue weighted by atomic mass is 16.5. The minimum absolute atomic E-state index is 0.0577. The second-order valence-electron chi connectivity index (χ2n) is 5.34. The predicted octanol–water partition coefficient (Wildman–Crippen LogP) is 1.06. The molecule has 1 saturated heterocycles. The van der Waals surface area contributed by atoms with Crippen molar-refractivity contribution in [2.24, 2.45) is 5.92 Å². The van der Waals surface area contributed by atoms with Crippen molar-refractivity contribution in [3.8, 4) is 0 Å². The predicted molar refractivity (Wildman–Crippen MR) is 66.8 cm³/mol. The number of ether oxygens (including phenoxy) is 1. The van der Waals surface area contributed by atoms with E-state index in [1.54, 1.807) is 0 Å². The highest BCUT2D eigenvalue weighted by Gasteiger charge is 2.25. The number of rotatable bonds is 4. The van der Waals surface area contributed by atoms with Crippen LogP contribution in [0.1, 0.15) is 39.0 Å². The van der Waals surface area contributed by atoms with Crippen molar-refractivity contribution in [3.63, 3.8) is 0 Å². The molecule has 0 aromatic carbocycles. The molecule has 1 saturated carbocycles. The summed E-state index contributed by atoms with van der Waals surface area (Å²) in [5, 5.41) is 6.37. The highest BCUT2D eigenvalue weighted by Crippen LogP contribution is 2.24. The van der Waals surface area contributed by atoms with Crippen molar-refractivity contribution in [1.82, 2.24) is 10.6 Å². The van der Waals surface area contributed by atoms with Gasteiger partial charge in [-0.1, -0.05) is 13.3 Å². The van der Waals surface area contributed by atoms with Crippen LogP contribution in [0, 0.1) is 5.92 Å². The molecule has 98 valence electrons. The van der Waals surface area contributed by atoms with Crippen LogP contribution in [0.3, 0.4) is 0 Å². The SMILES string of the molecule is CC1CCCC1NC(=O)COC1CCNCC1. The average molecular weight is 240 g/mol. The number of nitrogens with one attached hydrogen (secondary N) is 2. The number of hydrogen-bond donors (Lipinski definition) is 2. The van der Waals surface area contributed by atoms with Crippen LogP contribution in [-0.4, -0.2) is 37.7 Å². The third kappa shape index (κ3) is 3.96. The minimum atomic E-state index is 0.0577. The molecule has 4 nitrogen and oxygen atoms in total. The van der Waals surface area contributed by atoms with Gasteiger partial charge in [0.25, 0.3) is 0 Å². The second kappa shape index (κ2) is 6.36. The molecule has 2 unspecified atom stereocenters. The maximum Gasteiger partial charge on any atom is 0.246 e. The molecular weight excluding hydrogens is 216 g/mol. The third-order valence-corrected chi connectivity index (χ3v) is 3.94. The van der Waals surface area contributed by atoms with E-state index in [1.807, 2.05) is 0 Å². The lowest BCUT2D eigenvalue weighted by Crippen LogP contribution is -2.40. The highest BCUT2D eigenvalue weighted by molar-refractivity contribution is 5.77. The molecule has 0 bridgehead atoms. The van der Waals surface area contributed by atoms with Crippen molar-refractivity contribution in [3.05, 3.63) is 0 Å². The number of amides is 1. The Balaban J connectivity index is 1.63. The van der Waals surface area contributed by atoms with Gasteiger partial charge in [0.15, 0.2) is 0 Å². The quantitative estimate of drug-likeness (QED) is 0.772. The molecule has 2 N–H and O–H groups in total. The summed E-state index contributed by atoms with van der Waals surface area (Å²) in [6, 6.07) is 0.374. The first-order valence-corrected chi connectivity index (χ1v) is 6.87. The topological polar surface area (TPSA) is 50.4 Å². The Morgan fingerprint density at radius 3 is 2.71 bits per heavy atom. The van der Waals surface area contributed by atoms with Gasteiger partial charge >= 0.3 is 0 Å². The summed E-state index contributed by atoms with van der Waals surface area (Å²) < 4.78 is 5.64. The van der Waals surface area contributed by atoms with Gasteiger partial charge in [-0.2, -0.15) is 0 Å². The van der Waals surface area contributed by atoms with E-state index in [1.165, 1.54) is 12.8 Å². The Labute approximate surface area is 103 Å². The summed E-state index contributed by atoms with van der Waals surface area (Å²) in [5.41, 5.74) is 0. The largest absolute Gasteiger partial charge is 0.368 e. The average Bonchev–Trinajstić information content (AvgIpc) is 2.74. The first kappa shape index (κ1) is 12.8. The molecule has 2 aliphatic rings. The van der Waals surface area contributed by atoms with E-state index in [2.05, 4.69) is 17.6 Å². The molecule has 17 heavy (non-hydrogen) atoms. The Morgan fingerprint density at radius 1 is 1.29 bits per heavy atom. The van der Waals surface area contributed by atoms with Crippen molar-refractivity contribution < 1.29 is 9.53 Å². The lowest BCUT2D eigenvalue weighted by atomic mass is 10.1. The normalized spacial score (nSPS) is 30.4. The lowest BCUT2D eigenvalue weighted by Gasteiger charge is -2.23. The van der Waals surface area contributed by atoms with Crippen molar-refractivity contribution in [1.29, 1.82) is 0 Å². The zero-order chi connectivity index (χ0) is 12.1. The molecule has 1 heterocycles. The van der Waals surface area contributed by atoms with Crippen LogP contribution >= 0.6 is 0 Å². The Kier molecular flexibility index (Phi) is 4.80. The number of piperidine rings is 1. The van der Waals surface area contributed by atoms with E-state index in [9.17, 15) is 4.79 Å². The maximum absolute atomic E-state index is 11.7. The monoisotopic (exact) mass is 240 g/mol. The van der Waals surface area contributed by atoms with Gasteiger partial charge in [-0.3, -0.25) is 4.79 Å². The zero-order valence-corrected chi connectivity index (χ0v) is 10.7. The van der Waals surface area contributed by atoms with Crippen molar-refractivity contribution >= 4 is 5.91 Å². The Bertz CT molecular complexity index is 252. The summed E-state index contributed by atoms with van der Waals surface area (Å²) in [5.74, 6) is 0.681. The third-order valence-electron chi connectivity index (χ3n) is 3.94. The first-order valence-electron chi connectivity index (χ1n) is 6.87. The van der Waals surface area contributed by atoms with E-state index >= 15 is 0 Å². The van der Waals surface area contributed by atoms with Crippen LogP contribution in [0.15, 0.2) is 0 Å². The molecule has 1 aliphatic heterocycles. The van der Waals surface area contributed by atoms with Gasteiger partial charge in [0, 0.05) is 6.04 Å². The van der Waals surface area contributed by atoms with E-state index in [0.29, 0.717) is 12.0 Å². The molecule has 0 radical (unpaired) electrons. The van der Waals surface area contributed by atoms with Crippen molar-refractivity contribution in [2.75, 3.05) is 19.7 Å². The molecule has 2 atom stereocenters. The molecule has 1 aliphatic carbocycles. The van der Waals surface area contributed by atoms with Gasteiger partial charge in [0.05, 0.1) is 6.10 Å². The summed E-state index contributed by atoms with van der Waals surface area (Å²) in [4.78, 5) is 11.7. The van der Waals surface area contributed by atoms with Crippen LogP contribution in [0.25, 0.3) is 0 Å². The second-order valence-corrected chi connectivity index (χ2v) is 5.34. The van der Waals surface area contributed by atoms with Crippen LogP contribution in [0.2, 0.25) is 0 Å². The minimum Gasteiger partial charge on any atom is -0.368 e. The summed E-state index contributed by atoms with van der Waals surface area (Å²) in [6.07, 6.45) is 5.91. The fourth-order valence-electron chi connectivity index (χ4n) is 2.76. The molecule has 0 aromatic heterocycles. The van der Waals surface area contributed by atoms with E-state index in [4.69, 9.17) is 4.74 Å². The van der Waals surface area contributed by atoms with Crippen molar-refractivity contribution in [2.45, 2.75) is 51.2 Å². The Morgan fingerprint density at radius 2 is 2.06 bits per heavy atom. The van der Waals surface area contributed by atoms with Gasteiger partial charge in [-0.05, 0) is 44.7 Å². The standard InChI is InChI=1S/C13H24N2O2/c1-10-3-2-4-12(10)15-13(16)9-17-11-5-7-14-8-6-11/h10-12,14H,2-9H2,1H3,(H,15,16). The smallest absolute Gasteiger partial charge is 0.246 e. The molecule has 4 heteroatoms. The van der Waals surface area contributed by atoms with Gasteiger partial charge in [-0.25, -0.2) is 0 Å². The number of hydrogen-bond acceptors (Lipinski definition) is 3. The van der Waals surface area contributed by atoms with E-state index in [0.717, 1.165) is 32.4 Å². The summed E-state index contributed by atoms with van der Waals surface area (Å²) in [7, 11) is 0. The van der Waals surface area contributed by atoms with E-state index in [-0.39, 0.29) is 18.6 Å². The molecule has 0 aromatic rings. The lowest BCUT2D eigenvalue weighted by molar-refractivity contribution is -0.129.